The van der Waals surface area contributed by atoms with Gasteiger partial charge in [0, 0.05) is 5.92 Å². The van der Waals surface area contributed by atoms with Crippen molar-refractivity contribution < 1.29 is 14.3 Å². The summed E-state index contributed by atoms with van der Waals surface area (Å²) in [4.78, 5) is 12.1. The fourth-order valence-electron chi connectivity index (χ4n) is 2.93. The molecule has 1 aromatic rings. The molecule has 1 aromatic carbocycles. The van der Waals surface area contributed by atoms with Crippen molar-refractivity contribution in [2.75, 3.05) is 14.2 Å². The second-order valence-corrected chi connectivity index (χ2v) is 5.70. The number of rotatable bonds is 3. The van der Waals surface area contributed by atoms with E-state index in [1.165, 1.54) is 7.11 Å². The van der Waals surface area contributed by atoms with E-state index < -0.39 is 11.1 Å². The van der Waals surface area contributed by atoms with Gasteiger partial charge in [-0.3, -0.25) is 0 Å². The first kappa shape index (κ1) is 14.5. The molecule has 20 heavy (non-hydrogen) atoms. The summed E-state index contributed by atoms with van der Waals surface area (Å²) >= 11 is 0. The number of ether oxygens (including phenoxy) is 2. The largest absolute Gasteiger partial charge is 0.497 e. The van der Waals surface area contributed by atoms with Crippen LogP contribution in [-0.2, 0) is 9.53 Å². The maximum Gasteiger partial charge on any atom is 0.336 e. The molecular formula is C15H20N2O3. The van der Waals surface area contributed by atoms with Gasteiger partial charge in [-0.2, -0.15) is 10.2 Å². The number of carbonyl (C=O) groups is 1. The molecule has 1 heterocycles. The van der Waals surface area contributed by atoms with Gasteiger partial charge in [0.1, 0.15) is 5.75 Å². The van der Waals surface area contributed by atoms with Crippen LogP contribution in [0.2, 0.25) is 0 Å². The highest BCUT2D eigenvalue weighted by atomic mass is 16.5. The molecule has 0 aliphatic carbocycles. The summed E-state index contributed by atoms with van der Waals surface area (Å²) in [6, 6.07) is 7.65. The predicted octanol–water partition coefficient (Wildman–Crippen LogP) is 2.95. The second-order valence-electron chi connectivity index (χ2n) is 5.70. The molecule has 0 saturated heterocycles. The molecule has 0 spiro atoms. The molecule has 0 radical (unpaired) electrons. The van der Waals surface area contributed by atoms with Gasteiger partial charge in [0.05, 0.1) is 19.8 Å². The number of benzene rings is 1. The molecule has 5 heteroatoms. The molecule has 2 atom stereocenters. The van der Waals surface area contributed by atoms with Crippen LogP contribution in [0.1, 0.15) is 32.3 Å². The molecule has 0 aromatic heterocycles. The summed E-state index contributed by atoms with van der Waals surface area (Å²) in [6.07, 6.45) is 0. The van der Waals surface area contributed by atoms with Crippen LogP contribution >= 0.6 is 0 Å². The zero-order valence-electron chi connectivity index (χ0n) is 12.5. The minimum atomic E-state index is -0.993. The molecule has 0 fully saturated rings. The van der Waals surface area contributed by atoms with Gasteiger partial charge in [-0.05, 0) is 38.5 Å². The number of hydrogen-bond donors (Lipinski definition) is 0. The van der Waals surface area contributed by atoms with Crippen molar-refractivity contribution in [2.45, 2.75) is 37.8 Å². The molecule has 1 aliphatic heterocycles. The highest BCUT2D eigenvalue weighted by Crippen LogP contribution is 2.48. The van der Waals surface area contributed by atoms with E-state index in [4.69, 9.17) is 9.47 Å². The van der Waals surface area contributed by atoms with E-state index in [1.807, 2.05) is 38.1 Å². The third-order valence-corrected chi connectivity index (χ3v) is 3.83. The third-order valence-electron chi connectivity index (χ3n) is 3.83. The Labute approximate surface area is 119 Å². The van der Waals surface area contributed by atoms with E-state index in [0.717, 1.165) is 11.3 Å². The van der Waals surface area contributed by atoms with Gasteiger partial charge in [-0.25, -0.2) is 4.79 Å². The van der Waals surface area contributed by atoms with Crippen molar-refractivity contribution >= 4 is 5.97 Å². The van der Waals surface area contributed by atoms with Crippen LogP contribution in [0.15, 0.2) is 34.5 Å². The summed E-state index contributed by atoms with van der Waals surface area (Å²) < 4.78 is 10.1. The van der Waals surface area contributed by atoms with Crippen LogP contribution in [0.5, 0.6) is 5.75 Å². The molecule has 2 rings (SSSR count). The SMILES string of the molecule is COC(=O)[C@@]1(C)N=NC(C)(C)[C@@H]1c1ccc(OC)cc1. The maximum atomic E-state index is 12.1. The lowest BCUT2D eigenvalue weighted by Gasteiger charge is -2.32. The smallest absolute Gasteiger partial charge is 0.336 e. The van der Waals surface area contributed by atoms with Crippen molar-refractivity contribution in [3.8, 4) is 5.75 Å². The first-order chi connectivity index (χ1) is 9.35. The zero-order chi connectivity index (χ0) is 15.0. The molecule has 0 bridgehead atoms. The Hall–Kier alpha value is -1.91. The van der Waals surface area contributed by atoms with Gasteiger partial charge in [0.15, 0.2) is 5.54 Å². The van der Waals surface area contributed by atoms with Crippen molar-refractivity contribution in [1.82, 2.24) is 0 Å². The standard InChI is InChI=1S/C15H20N2O3/c1-14(2)12(10-6-8-11(19-4)9-7-10)15(3,17-16-14)13(18)20-5/h6-9,12H,1-5H3/t12-,15-/m0/s1. The van der Waals surface area contributed by atoms with Crippen LogP contribution < -0.4 is 4.74 Å². The van der Waals surface area contributed by atoms with E-state index >= 15 is 0 Å². The van der Waals surface area contributed by atoms with E-state index in [1.54, 1.807) is 14.0 Å². The number of nitrogens with zero attached hydrogens (tertiary/aromatic N) is 2. The fourth-order valence-corrected chi connectivity index (χ4v) is 2.93. The number of carbonyl (C=O) groups excluding carboxylic acids is 1. The van der Waals surface area contributed by atoms with Crippen LogP contribution in [0.25, 0.3) is 0 Å². The Morgan fingerprint density at radius 3 is 2.20 bits per heavy atom. The lowest BCUT2D eigenvalue weighted by Crippen LogP contribution is -2.44. The molecular weight excluding hydrogens is 256 g/mol. The predicted molar refractivity (Wildman–Crippen MR) is 75.1 cm³/mol. The first-order valence-electron chi connectivity index (χ1n) is 6.51. The van der Waals surface area contributed by atoms with Gasteiger partial charge in [0.2, 0.25) is 0 Å². The van der Waals surface area contributed by atoms with Crippen molar-refractivity contribution in [1.29, 1.82) is 0 Å². The Kier molecular flexibility index (Phi) is 3.54. The van der Waals surface area contributed by atoms with Crippen molar-refractivity contribution in [3.05, 3.63) is 29.8 Å². The molecule has 0 N–H and O–H groups in total. The number of methoxy groups -OCH3 is 2. The van der Waals surface area contributed by atoms with E-state index in [0.29, 0.717) is 0 Å². The molecule has 0 amide bonds. The Morgan fingerprint density at radius 1 is 1.10 bits per heavy atom. The van der Waals surface area contributed by atoms with Gasteiger partial charge in [-0.1, -0.05) is 12.1 Å². The monoisotopic (exact) mass is 276 g/mol. The molecule has 0 unspecified atom stereocenters. The van der Waals surface area contributed by atoms with Crippen LogP contribution in [0, 0.1) is 0 Å². The van der Waals surface area contributed by atoms with E-state index in [9.17, 15) is 4.79 Å². The number of hydrogen-bond acceptors (Lipinski definition) is 5. The summed E-state index contributed by atoms with van der Waals surface area (Å²) in [6.45, 7) is 5.71. The zero-order valence-corrected chi connectivity index (χ0v) is 12.5. The topological polar surface area (TPSA) is 60.2 Å². The number of esters is 1. The molecule has 0 saturated carbocycles. The Balaban J connectivity index is 2.46. The summed E-state index contributed by atoms with van der Waals surface area (Å²) in [7, 11) is 3.00. The lowest BCUT2D eigenvalue weighted by molar-refractivity contribution is -0.147. The fraction of sp³-hybridized carbons (Fsp3) is 0.533. The van der Waals surface area contributed by atoms with Crippen LogP contribution in [0.3, 0.4) is 0 Å². The third kappa shape index (κ3) is 2.17. The molecule has 5 nitrogen and oxygen atoms in total. The summed E-state index contributed by atoms with van der Waals surface area (Å²) in [5.74, 6) is 0.235. The average Bonchev–Trinajstić information content (AvgIpc) is 2.69. The molecule has 108 valence electrons. The van der Waals surface area contributed by atoms with E-state index in [-0.39, 0.29) is 11.9 Å². The number of azo groups is 1. The second kappa shape index (κ2) is 4.89. The average molecular weight is 276 g/mol. The normalized spacial score (nSPS) is 27.4. The van der Waals surface area contributed by atoms with Gasteiger partial charge in [-0.15, -0.1) is 0 Å². The summed E-state index contributed by atoms with van der Waals surface area (Å²) in [5, 5.41) is 8.49. The van der Waals surface area contributed by atoms with Gasteiger partial charge >= 0.3 is 5.97 Å². The van der Waals surface area contributed by atoms with Crippen LogP contribution in [-0.4, -0.2) is 31.3 Å². The quantitative estimate of drug-likeness (QED) is 0.797. The highest BCUT2D eigenvalue weighted by molar-refractivity contribution is 5.83. The van der Waals surface area contributed by atoms with Crippen molar-refractivity contribution in [2.24, 2.45) is 10.2 Å². The van der Waals surface area contributed by atoms with Gasteiger partial charge in [0.25, 0.3) is 0 Å². The first-order valence-corrected chi connectivity index (χ1v) is 6.51. The Bertz CT molecular complexity index is 537. The highest BCUT2D eigenvalue weighted by Gasteiger charge is 2.55. The van der Waals surface area contributed by atoms with Crippen LogP contribution in [0.4, 0.5) is 0 Å². The van der Waals surface area contributed by atoms with Gasteiger partial charge < -0.3 is 9.47 Å². The maximum absolute atomic E-state index is 12.1. The van der Waals surface area contributed by atoms with Crippen molar-refractivity contribution in [3.63, 3.8) is 0 Å². The lowest BCUT2D eigenvalue weighted by atomic mass is 9.72. The summed E-state index contributed by atoms with van der Waals surface area (Å²) in [5.41, 5.74) is -0.460. The molecule has 1 aliphatic rings. The Morgan fingerprint density at radius 2 is 1.70 bits per heavy atom. The minimum absolute atomic E-state index is 0.173. The minimum Gasteiger partial charge on any atom is -0.497 e. The van der Waals surface area contributed by atoms with E-state index in [2.05, 4.69) is 10.2 Å².